The lowest BCUT2D eigenvalue weighted by molar-refractivity contribution is -0.167. The Morgan fingerprint density at radius 3 is 1.82 bits per heavy atom. The maximum absolute atomic E-state index is 11.8. The van der Waals surface area contributed by atoms with Gasteiger partial charge in [0.25, 0.3) is 0 Å². The molecule has 4 nitrogen and oxygen atoms in total. The van der Waals surface area contributed by atoms with Gasteiger partial charge in [0.05, 0.1) is 12.7 Å². The summed E-state index contributed by atoms with van der Waals surface area (Å²) in [5.74, 6) is -1.67. The summed E-state index contributed by atoms with van der Waals surface area (Å²) in [4.78, 5) is 23.5. The topological polar surface area (TPSA) is 52.6 Å². The molecule has 0 aromatic carbocycles. The first-order valence-electron chi connectivity index (χ1n) is 6.12. The molecule has 0 aliphatic rings. The summed E-state index contributed by atoms with van der Waals surface area (Å²) in [7, 11) is 0. The van der Waals surface area contributed by atoms with Gasteiger partial charge in [0, 0.05) is 0 Å². The van der Waals surface area contributed by atoms with Gasteiger partial charge in [-0.05, 0) is 25.7 Å². The second-order valence-electron chi connectivity index (χ2n) is 5.23. The molecule has 0 aromatic rings. The summed E-state index contributed by atoms with van der Waals surface area (Å²) in [6.07, 6.45) is -0.221. The third kappa shape index (κ3) is 6.29. The average Bonchev–Trinajstić information content (AvgIpc) is 2.12. The van der Waals surface area contributed by atoms with Crippen LogP contribution in [0.25, 0.3) is 0 Å². The number of rotatable bonds is 6. The maximum Gasteiger partial charge on any atom is 0.320 e. The Labute approximate surface area is 104 Å². The van der Waals surface area contributed by atoms with Crippen molar-refractivity contribution in [3.63, 3.8) is 0 Å². The lowest BCUT2D eigenvalue weighted by Crippen LogP contribution is -2.34. The predicted octanol–water partition coefficient (Wildman–Crippen LogP) is 2.41. The zero-order valence-corrected chi connectivity index (χ0v) is 11.6. The van der Waals surface area contributed by atoms with E-state index in [1.165, 1.54) is 0 Å². The Balaban J connectivity index is 4.51. The second kappa shape index (κ2) is 7.30. The third-order valence-electron chi connectivity index (χ3n) is 2.09. The van der Waals surface area contributed by atoms with Crippen molar-refractivity contribution in [3.8, 4) is 0 Å². The molecule has 1 unspecified atom stereocenters. The summed E-state index contributed by atoms with van der Waals surface area (Å²) in [6, 6.07) is 0. The van der Waals surface area contributed by atoms with Gasteiger partial charge in [-0.2, -0.15) is 0 Å². The van der Waals surface area contributed by atoms with Crippen molar-refractivity contribution in [3.05, 3.63) is 0 Å². The van der Waals surface area contributed by atoms with Gasteiger partial charge in [0.15, 0.2) is 5.92 Å². The highest BCUT2D eigenvalue weighted by molar-refractivity contribution is 5.95. The SMILES string of the molecule is CC(C)COC(=O)C(C(=O)OC(C)C)C(C)C. The molecule has 0 radical (unpaired) electrons. The van der Waals surface area contributed by atoms with Crippen LogP contribution < -0.4 is 0 Å². The fraction of sp³-hybridized carbons (Fsp3) is 0.846. The largest absolute Gasteiger partial charge is 0.465 e. The molecule has 0 saturated heterocycles. The average molecular weight is 244 g/mol. The van der Waals surface area contributed by atoms with Crippen LogP contribution in [0.1, 0.15) is 41.5 Å². The molecule has 0 aromatic heterocycles. The van der Waals surface area contributed by atoms with Gasteiger partial charge in [0.1, 0.15) is 0 Å². The fourth-order valence-corrected chi connectivity index (χ4v) is 1.28. The molecule has 0 bridgehead atoms. The molecule has 0 aliphatic carbocycles. The fourth-order valence-electron chi connectivity index (χ4n) is 1.28. The smallest absolute Gasteiger partial charge is 0.320 e. The molecule has 100 valence electrons. The van der Waals surface area contributed by atoms with E-state index in [0.717, 1.165) is 0 Å². The number of carbonyl (C=O) groups excluding carboxylic acids is 2. The molecule has 0 aliphatic heterocycles. The molecule has 0 heterocycles. The predicted molar refractivity (Wildman–Crippen MR) is 65.4 cm³/mol. The van der Waals surface area contributed by atoms with Gasteiger partial charge in [-0.15, -0.1) is 0 Å². The summed E-state index contributed by atoms with van der Waals surface area (Å²) >= 11 is 0. The number of hydrogen-bond donors (Lipinski definition) is 0. The van der Waals surface area contributed by atoms with Crippen LogP contribution in [0.4, 0.5) is 0 Å². The van der Waals surface area contributed by atoms with E-state index >= 15 is 0 Å². The molecular formula is C13H24O4. The van der Waals surface area contributed by atoms with Crippen LogP contribution >= 0.6 is 0 Å². The quantitative estimate of drug-likeness (QED) is 0.532. The molecule has 0 saturated carbocycles. The molecule has 0 N–H and O–H groups in total. The van der Waals surface area contributed by atoms with E-state index < -0.39 is 17.9 Å². The van der Waals surface area contributed by atoms with Crippen LogP contribution in [0.15, 0.2) is 0 Å². The van der Waals surface area contributed by atoms with Gasteiger partial charge >= 0.3 is 11.9 Å². The Morgan fingerprint density at radius 2 is 1.47 bits per heavy atom. The number of carbonyl (C=O) groups is 2. The Bertz CT molecular complexity index is 256. The highest BCUT2D eigenvalue weighted by Gasteiger charge is 2.33. The van der Waals surface area contributed by atoms with Crippen LogP contribution in [0.3, 0.4) is 0 Å². The molecule has 0 fully saturated rings. The molecule has 0 spiro atoms. The van der Waals surface area contributed by atoms with Gasteiger partial charge < -0.3 is 9.47 Å². The monoisotopic (exact) mass is 244 g/mol. The van der Waals surface area contributed by atoms with Crippen LogP contribution in [0.2, 0.25) is 0 Å². The van der Waals surface area contributed by atoms with Crippen molar-refractivity contribution in [2.24, 2.45) is 17.8 Å². The number of esters is 2. The van der Waals surface area contributed by atoms with E-state index in [2.05, 4.69) is 0 Å². The minimum Gasteiger partial charge on any atom is -0.465 e. The van der Waals surface area contributed by atoms with E-state index in [0.29, 0.717) is 6.61 Å². The summed E-state index contributed by atoms with van der Waals surface area (Å²) < 4.78 is 10.2. The number of ether oxygens (including phenoxy) is 2. The first-order chi connectivity index (χ1) is 7.75. The van der Waals surface area contributed by atoms with Gasteiger partial charge in [-0.3, -0.25) is 9.59 Å². The lowest BCUT2D eigenvalue weighted by Gasteiger charge is -2.20. The molecular weight excluding hydrogens is 220 g/mol. The zero-order valence-electron chi connectivity index (χ0n) is 11.6. The van der Waals surface area contributed by atoms with Crippen molar-refractivity contribution in [1.82, 2.24) is 0 Å². The van der Waals surface area contributed by atoms with Crippen molar-refractivity contribution in [1.29, 1.82) is 0 Å². The first kappa shape index (κ1) is 15.9. The maximum atomic E-state index is 11.8. The van der Waals surface area contributed by atoms with Gasteiger partial charge in [-0.1, -0.05) is 27.7 Å². The van der Waals surface area contributed by atoms with Crippen LogP contribution in [0.5, 0.6) is 0 Å². The van der Waals surface area contributed by atoms with Crippen LogP contribution in [-0.4, -0.2) is 24.6 Å². The van der Waals surface area contributed by atoms with E-state index in [4.69, 9.17) is 9.47 Å². The summed E-state index contributed by atoms with van der Waals surface area (Å²) in [5.41, 5.74) is 0. The normalized spacial score (nSPS) is 13.0. The highest BCUT2D eigenvalue weighted by atomic mass is 16.6. The Kier molecular flexibility index (Phi) is 6.85. The summed E-state index contributed by atoms with van der Waals surface area (Å²) in [6.45, 7) is 11.4. The van der Waals surface area contributed by atoms with Gasteiger partial charge in [0.2, 0.25) is 0 Å². The third-order valence-corrected chi connectivity index (χ3v) is 2.09. The Morgan fingerprint density at radius 1 is 0.941 bits per heavy atom. The highest BCUT2D eigenvalue weighted by Crippen LogP contribution is 2.16. The molecule has 0 rings (SSSR count). The van der Waals surface area contributed by atoms with Gasteiger partial charge in [-0.25, -0.2) is 0 Å². The van der Waals surface area contributed by atoms with E-state index in [1.807, 2.05) is 27.7 Å². The zero-order chi connectivity index (χ0) is 13.6. The first-order valence-corrected chi connectivity index (χ1v) is 6.12. The molecule has 4 heteroatoms. The van der Waals surface area contributed by atoms with Crippen molar-refractivity contribution in [2.45, 2.75) is 47.6 Å². The molecule has 0 amide bonds. The lowest BCUT2D eigenvalue weighted by atomic mass is 9.96. The molecule has 17 heavy (non-hydrogen) atoms. The van der Waals surface area contributed by atoms with Crippen molar-refractivity contribution < 1.29 is 19.1 Å². The van der Waals surface area contributed by atoms with E-state index in [1.54, 1.807) is 13.8 Å². The molecule has 1 atom stereocenters. The van der Waals surface area contributed by atoms with Crippen LogP contribution in [-0.2, 0) is 19.1 Å². The second-order valence-corrected chi connectivity index (χ2v) is 5.23. The van der Waals surface area contributed by atoms with Crippen molar-refractivity contribution >= 4 is 11.9 Å². The van der Waals surface area contributed by atoms with E-state index in [-0.39, 0.29) is 17.9 Å². The van der Waals surface area contributed by atoms with Crippen molar-refractivity contribution in [2.75, 3.05) is 6.61 Å². The minimum atomic E-state index is -0.823. The summed E-state index contributed by atoms with van der Waals surface area (Å²) in [5, 5.41) is 0. The Hall–Kier alpha value is -1.06. The standard InChI is InChI=1S/C13H24O4/c1-8(2)7-16-12(14)11(9(3)4)13(15)17-10(5)6/h8-11H,7H2,1-6H3. The van der Waals surface area contributed by atoms with Crippen LogP contribution in [0, 0.1) is 17.8 Å². The van der Waals surface area contributed by atoms with E-state index in [9.17, 15) is 9.59 Å². The minimum absolute atomic E-state index is 0.124. The number of hydrogen-bond acceptors (Lipinski definition) is 4.